The molecule has 1 rings (SSSR count). The van der Waals surface area contributed by atoms with Crippen molar-refractivity contribution in [2.75, 3.05) is 19.6 Å². The summed E-state index contributed by atoms with van der Waals surface area (Å²) in [5.74, 6) is 0.0675. The normalized spacial score (nSPS) is 17.1. The molecule has 1 heterocycles. The van der Waals surface area contributed by atoms with Gasteiger partial charge in [-0.15, -0.1) is 0 Å². The van der Waals surface area contributed by atoms with Crippen molar-refractivity contribution in [2.24, 2.45) is 5.41 Å². The molecule has 1 N–H and O–H groups in total. The first kappa shape index (κ1) is 13.0. The number of carbonyl (C=O) groups is 2. The second kappa shape index (κ2) is 5.32. The third-order valence-corrected chi connectivity index (χ3v) is 2.88. The molecule has 92 valence electrons. The zero-order valence-electron chi connectivity index (χ0n) is 10.5. The fourth-order valence-corrected chi connectivity index (χ4v) is 1.63. The molecule has 0 radical (unpaired) electrons. The highest BCUT2D eigenvalue weighted by molar-refractivity contribution is 5.88. The van der Waals surface area contributed by atoms with Gasteiger partial charge in [-0.05, 0) is 19.3 Å². The van der Waals surface area contributed by atoms with Crippen LogP contribution in [0.3, 0.4) is 0 Å². The monoisotopic (exact) mass is 226 g/mol. The van der Waals surface area contributed by atoms with Crippen molar-refractivity contribution in [3.63, 3.8) is 0 Å². The Balaban J connectivity index is 2.32. The fourth-order valence-electron chi connectivity index (χ4n) is 1.63. The minimum absolute atomic E-state index is 0.0675. The number of nitrogens with one attached hydrogen (secondary N) is 1. The predicted octanol–water partition coefficient (Wildman–Crippen LogP) is 1.80. The summed E-state index contributed by atoms with van der Waals surface area (Å²) in [4.78, 5) is 25.1. The maximum Gasteiger partial charge on any atom is 0.317 e. The molecule has 4 nitrogen and oxygen atoms in total. The van der Waals surface area contributed by atoms with E-state index in [4.69, 9.17) is 0 Å². The molecule has 1 saturated heterocycles. The molecule has 0 spiro atoms. The van der Waals surface area contributed by atoms with Crippen LogP contribution in [0.15, 0.2) is 0 Å². The third-order valence-electron chi connectivity index (χ3n) is 2.88. The molecule has 0 aliphatic carbocycles. The summed E-state index contributed by atoms with van der Waals surface area (Å²) in [6, 6.07) is -0.0997. The first-order valence-electron chi connectivity index (χ1n) is 5.97. The Bertz CT molecular complexity index is 263. The van der Waals surface area contributed by atoms with Crippen molar-refractivity contribution < 1.29 is 9.59 Å². The van der Waals surface area contributed by atoms with Crippen molar-refractivity contribution in [3.05, 3.63) is 0 Å². The lowest BCUT2D eigenvalue weighted by atomic mass is 9.91. The Morgan fingerprint density at radius 2 is 1.69 bits per heavy atom. The summed E-state index contributed by atoms with van der Waals surface area (Å²) in [7, 11) is 0. The standard InChI is InChI=1S/C12H22N2O2/c1-12(2,3)10(15)9-13-11(16)14-7-5-4-6-8-14/h4-9H2,1-3H3,(H,13,16). The molecule has 0 aromatic heterocycles. The average molecular weight is 226 g/mol. The molecule has 1 fully saturated rings. The summed E-state index contributed by atoms with van der Waals surface area (Å²) in [6.07, 6.45) is 3.34. The van der Waals surface area contributed by atoms with Crippen LogP contribution in [0.1, 0.15) is 40.0 Å². The lowest BCUT2D eigenvalue weighted by Gasteiger charge is -2.27. The number of hydrogen-bond acceptors (Lipinski definition) is 2. The largest absolute Gasteiger partial charge is 0.331 e. The molecule has 16 heavy (non-hydrogen) atoms. The number of nitrogens with zero attached hydrogens (tertiary/aromatic N) is 1. The molecule has 0 aromatic carbocycles. The van der Waals surface area contributed by atoms with Gasteiger partial charge in [0, 0.05) is 18.5 Å². The number of amides is 2. The summed E-state index contributed by atoms with van der Waals surface area (Å²) in [5.41, 5.74) is -0.380. The number of piperidine rings is 1. The van der Waals surface area contributed by atoms with Crippen LogP contribution >= 0.6 is 0 Å². The fraction of sp³-hybridized carbons (Fsp3) is 0.833. The molecule has 1 aliphatic rings. The van der Waals surface area contributed by atoms with Crippen molar-refractivity contribution in [1.82, 2.24) is 10.2 Å². The zero-order chi connectivity index (χ0) is 12.2. The van der Waals surface area contributed by atoms with Gasteiger partial charge in [0.1, 0.15) is 0 Å². The number of rotatable bonds is 2. The smallest absolute Gasteiger partial charge is 0.317 e. The van der Waals surface area contributed by atoms with Crippen LogP contribution in [0, 0.1) is 5.41 Å². The van der Waals surface area contributed by atoms with E-state index in [2.05, 4.69) is 5.32 Å². The summed E-state index contributed by atoms with van der Waals surface area (Å²) >= 11 is 0. The number of hydrogen-bond donors (Lipinski definition) is 1. The van der Waals surface area contributed by atoms with Gasteiger partial charge in [-0.1, -0.05) is 20.8 Å². The molecule has 0 saturated carbocycles. The molecular weight excluding hydrogens is 204 g/mol. The van der Waals surface area contributed by atoms with Crippen molar-refractivity contribution >= 4 is 11.8 Å². The Morgan fingerprint density at radius 1 is 1.12 bits per heavy atom. The molecule has 0 unspecified atom stereocenters. The molecule has 2 amide bonds. The van der Waals surface area contributed by atoms with Gasteiger partial charge in [0.15, 0.2) is 5.78 Å². The van der Waals surface area contributed by atoms with Gasteiger partial charge in [0.25, 0.3) is 0 Å². The second-order valence-corrected chi connectivity index (χ2v) is 5.38. The van der Waals surface area contributed by atoms with Crippen LogP contribution in [0.5, 0.6) is 0 Å². The molecule has 0 atom stereocenters. The summed E-state index contributed by atoms with van der Waals surface area (Å²) in [5, 5.41) is 2.70. The lowest BCUT2D eigenvalue weighted by molar-refractivity contribution is -0.125. The van der Waals surface area contributed by atoms with Crippen molar-refractivity contribution in [2.45, 2.75) is 40.0 Å². The van der Waals surface area contributed by atoms with E-state index in [0.29, 0.717) is 0 Å². The van der Waals surface area contributed by atoms with E-state index in [1.54, 1.807) is 4.90 Å². The van der Waals surface area contributed by atoms with Gasteiger partial charge in [-0.3, -0.25) is 4.79 Å². The van der Waals surface area contributed by atoms with Gasteiger partial charge in [0.05, 0.1) is 6.54 Å². The van der Waals surface area contributed by atoms with Crippen molar-refractivity contribution in [1.29, 1.82) is 0 Å². The van der Waals surface area contributed by atoms with Crippen LogP contribution in [-0.2, 0) is 4.79 Å². The van der Waals surface area contributed by atoms with Gasteiger partial charge >= 0.3 is 6.03 Å². The quantitative estimate of drug-likeness (QED) is 0.780. The molecule has 0 aromatic rings. The predicted molar refractivity (Wildman–Crippen MR) is 63.3 cm³/mol. The Hall–Kier alpha value is -1.06. The topological polar surface area (TPSA) is 49.4 Å². The van der Waals surface area contributed by atoms with E-state index in [1.165, 1.54) is 6.42 Å². The first-order chi connectivity index (χ1) is 7.41. The Kier molecular flexibility index (Phi) is 4.33. The highest BCUT2D eigenvalue weighted by Gasteiger charge is 2.23. The molecule has 0 bridgehead atoms. The van der Waals surface area contributed by atoms with Gasteiger partial charge < -0.3 is 10.2 Å². The van der Waals surface area contributed by atoms with Crippen molar-refractivity contribution in [3.8, 4) is 0 Å². The van der Waals surface area contributed by atoms with E-state index in [9.17, 15) is 9.59 Å². The van der Waals surface area contributed by atoms with Crippen LogP contribution in [0.25, 0.3) is 0 Å². The van der Waals surface area contributed by atoms with E-state index >= 15 is 0 Å². The number of likely N-dealkylation sites (tertiary alicyclic amines) is 1. The van der Waals surface area contributed by atoms with Crippen LogP contribution in [0.2, 0.25) is 0 Å². The molecule has 1 aliphatic heterocycles. The molecule has 4 heteroatoms. The number of carbonyl (C=O) groups excluding carboxylic acids is 2. The van der Waals surface area contributed by atoms with E-state index < -0.39 is 0 Å². The highest BCUT2D eigenvalue weighted by atomic mass is 16.2. The number of ketones is 1. The minimum atomic E-state index is -0.380. The minimum Gasteiger partial charge on any atom is -0.331 e. The van der Waals surface area contributed by atoms with E-state index in [-0.39, 0.29) is 23.8 Å². The number of Topliss-reactive ketones (excluding diaryl/α,β-unsaturated/α-hetero) is 1. The average Bonchev–Trinajstić information content (AvgIpc) is 2.25. The lowest BCUT2D eigenvalue weighted by Crippen LogP contribution is -2.45. The zero-order valence-corrected chi connectivity index (χ0v) is 10.5. The second-order valence-electron chi connectivity index (χ2n) is 5.38. The van der Waals surface area contributed by atoms with E-state index in [1.807, 2.05) is 20.8 Å². The number of urea groups is 1. The summed E-state index contributed by atoms with van der Waals surface area (Å²) < 4.78 is 0. The summed E-state index contributed by atoms with van der Waals surface area (Å²) in [6.45, 7) is 7.36. The highest BCUT2D eigenvalue weighted by Crippen LogP contribution is 2.13. The van der Waals surface area contributed by atoms with E-state index in [0.717, 1.165) is 25.9 Å². The molecular formula is C12H22N2O2. The SMILES string of the molecule is CC(C)(C)C(=O)CNC(=O)N1CCCCC1. The van der Waals surface area contributed by atoms with Gasteiger partial charge in [0.2, 0.25) is 0 Å². The van der Waals surface area contributed by atoms with Crippen LogP contribution in [0.4, 0.5) is 4.79 Å². The maximum atomic E-state index is 11.7. The van der Waals surface area contributed by atoms with Crippen LogP contribution < -0.4 is 5.32 Å². The maximum absolute atomic E-state index is 11.7. The van der Waals surface area contributed by atoms with Gasteiger partial charge in [-0.25, -0.2) is 4.79 Å². The van der Waals surface area contributed by atoms with Gasteiger partial charge in [-0.2, -0.15) is 0 Å². The van der Waals surface area contributed by atoms with Crippen LogP contribution in [-0.4, -0.2) is 36.3 Å². The Labute approximate surface area is 97.4 Å². The third kappa shape index (κ3) is 3.83. The Morgan fingerprint density at radius 3 is 2.19 bits per heavy atom. The first-order valence-corrected chi connectivity index (χ1v) is 5.97.